The lowest BCUT2D eigenvalue weighted by Crippen LogP contribution is -2.31. The zero-order valence-corrected chi connectivity index (χ0v) is 16.9. The first-order chi connectivity index (χ1) is 14.7. The minimum Gasteiger partial charge on any atom is -0.489 e. The van der Waals surface area contributed by atoms with Crippen molar-refractivity contribution in [2.75, 3.05) is 6.54 Å². The highest BCUT2D eigenvalue weighted by Crippen LogP contribution is 2.17. The summed E-state index contributed by atoms with van der Waals surface area (Å²) in [5.41, 5.74) is 4.02. The number of aromatic nitrogens is 2. The molecule has 1 amide bonds. The summed E-state index contributed by atoms with van der Waals surface area (Å²) < 4.78 is 5.84. The predicted molar refractivity (Wildman–Crippen MR) is 117 cm³/mol. The maximum absolute atomic E-state index is 12.9. The Kier molecular flexibility index (Phi) is 5.99. The number of hydrogen-bond acceptors (Lipinski definition) is 4. The van der Waals surface area contributed by atoms with Crippen molar-refractivity contribution in [2.45, 2.75) is 20.1 Å². The average Bonchev–Trinajstić information content (AvgIpc) is 2.82. The van der Waals surface area contributed by atoms with E-state index in [2.05, 4.69) is 9.97 Å². The molecule has 5 nitrogen and oxygen atoms in total. The molecule has 0 N–H and O–H groups in total. The molecule has 150 valence electrons. The number of amides is 1. The van der Waals surface area contributed by atoms with E-state index in [1.807, 2.05) is 85.8 Å². The van der Waals surface area contributed by atoms with Gasteiger partial charge < -0.3 is 9.64 Å². The van der Waals surface area contributed by atoms with E-state index in [0.29, 0.717) is 25.4 Å². The lowest BCUT2D eigenvalue weighted by molar-refractivity contribution is 0.0746. The normalized spacial score (nSPS) is 10.7. The summed E-state index contributed by atoms with van der Waals surface area (Å²) in [6.07, 6.45) is 1.55. The Labute approximate surface area is 176 Å². The maximum atomic E-state index is 12.9. The van der Waals surface area contributed by atoms with Gasteiger partial charge in [-0.05, 0) is 42.3 Å². The second-order valence-electron chi connectivity index (χ2n) is 6.98. The van der Waals surface area contributed by atoms with Crippen LogP contribution in [0.4, 0.5) is 0 Å². The summed E-state index contributed by atoms with van der Waals surface area (Å²) in [5, 5.41) is 0. The molecule has 0 atom stereocenters. The Morgan fingerprint density at radius 3 is 2.30 bits per heavy atom. The highest BCUT2D eigenvalue weighted by Gasteiger charge is 2.17. The van der Waals surface area contributed by atoms with E-state index < -0.39 is 0 Å². The van der Waals surface area contributed by atoms with Gasteiger partial charge in [-0.3, -0.25) is 9.78 Å². The molecule has 0 radical (unpaired) electrons. The highest BCUT2D eigenvalue weighted by molar-refractivity contribution is 5.93. The van der Waals surface area contributed by atoms with Gasteiger partial charge in [-0.1, -0.05) is 54.6 Å². The van der Waals surface area contributed by atoms with Crippen molar-refractivity contribution in [3.05, 3.63) is 102 Å². The topological polar surface area (TPSA) is 55.3 Å². The van der Waals surface area contributed by atoms with Gasteiger partial charge in [-0.15, -0.1) is 0 Å². The van der Waals surface area contributed by atoms with Crippen LogP contribution in [-0.2, 0) is 13.2 Å². The fourth-order valence-electron chi connectivity index (χ4n) is 3.20. The number of para-hydroxylation sites is 2. The molecule has 0 aliphatic heterocycles. The molecule has 0 unspecified atom stereocenters. The molecule has 4 aromatic rings. The Morgan fingerprint density at radius 2 is 1.57 bits per heavy atom. The molecule has 0 aliphatic carbocycles. The number of hydrogen-bond donors (Lipinski definition) is 0. The van der Waals surface area contributed by atoms with Crippen LogP contribution in [0.5, 0.6) is 5.75 Å². The predicted octanol–water partition coefficient (Wildman–Crippen LogP) is 4.87. The molecule has 1 heterocycles. The van der Waals surface area contributed by atoms with Gasteiger partial charge in [0.2, 0.25) is 0 Å². The number of benzene rings is 3. The monoisotopic (exact) mass is 397 g/mol. The third-order valence-corrected chi connectivity index (χ3v) is 4.88. The first-order valence-corrected chi connectivity index (χ1v) is 9.99. The van der Waals surface area contributed by atoms with Crippen LogP contribution in [0.15, 0.2) is 85.1 Å². The van der Waals surface area contributed by atoms with Crippen molar-refractivity contribution in [1.29, 1.82) is 0 Å². The van der Waals surface area contributed by atoms with Gasteiger partial charge in [0.25, 0.3) is 5.91 Å². The molecular weight excluding hydrogens is 374 g/mol. The average molecular weight is 397 g/mol. The minimum absolute atomic E-state index is 0.125. The summed E-state index contributed by atoms with van der Waals surface area (Å²) in [6.45, 7) is 3.58. The molecule has 1 aromatic heterocycles. The van der Waals surface area contributed by atoms with Gasteiger partial charge in [-0.2, -0.15) is 0 Å². The Bertz CT molecular complexity index is 1130. The van der Waals surface area contributed by atoms with Crippen molar-refractivity contribution >= 4 is 16.9 Å². The number of fused-ring (bicyclic) bond motifs is 1. The van der Waals surface area contributed by atoms with Crippen LogP contribution in [0.3, 0.4) is 0 Å². The Hall–Kier alpha value is -3.73. The molecule has 30 heavy (non-hydrogen) atoms. The van der Waals surface area contributed by atoms with E-state index in [1.54, 1.807) is 11.1 Å². The van der Waals surface area contributed by atoms with Gasteiger partial charge in [-0.25, -0.2) is 4.98 Å². The Morgan fingerprint density at radius 1 is 0.867 bits per heavy atom. The number of carbonyl (C=O) groups is 1. The zero-order chi connectivity index (χ0) is 20.8. The SMILES string of the molecule is CCN(Cc1ccc(OCc2ccccc2)cc1)C(=O)c1cnc2ccccc2n1. The maximum Gasteiger partial charge on any atom is 0.274 e. The fraction of sp³-hybridized carbons (Fsp3) is 0.160. The molecule has 0 saturated carbocycles. The first-order valence-electron chi connectivity index (χ1n) is 9.99. The van der Waals surface area contributed by atoms with Crippen LogP contribution in [0.25, 0.3) is 11.0 Å². The second-order valence-corrected chi connectivity index (χ2v) is 6.98. The van der Waals surface area contributed by atoms with Crippen LogP contribution in [0.1, 0.15) is 28.5 Å². The fourth-order valence-corrected chi connectivity index (χ4v) is 3.20. The minimum atomic E-state index is -0.125. The molecule has 4 rings (SSSR count). The van der Waals surface area contributed by atoms with E-state index in [4.69, 9.17) is 4.74 Å². The van der Waals surface area contributed by atoms with E-state index in [-0.39, 0.29) is 5.91 Å². The summed E-state index contributed by atoms with van der Waals surface area (Å²) in [7, 11) is 0. The van der Waals surface area contributed by atoms with Gasteiger partial charge in [0.05, 0.1) is 17.2 Å². The van der Waals surface area contributed by atoms with Crippen molar-refractivity contribution in [3.8, 4) is 5.75 Å². The zero-order valence-electron chi connectivity index (χ0n) is 16.9. The van der Waals surface area contributed by atoms with E-state index >= 15 is 0 Å². The third kappa shape index (κ3) is 4.63. The lowest BCUT2D eigenvalue weighted by Gasteiger charge is -2.20. The summed E-state index contributed by atoms with van der Waals surface area (Å²) in [5.74, 6) is 0.678. The molecule has 0 saturated heterocycles. The summed E-state index contributed by atoms with van der Waals surface area (Å²) >= 11 is 0. The van der Waals surface area contributed by atoms with E-state index in [0.717, 1.165) is 27.9 Å². The summed E-state index contributed by atoms with van der Waals surface area (Å²) in [4.78, 5) is 23.5. The van der Waals surface area contributed by atoms with Gasteiger partial charge in [0.1, 0.15) is 18.1 Å². The Balaban J connectivity index is 1.41. The molecule has 0 spiro atoms. The van der Waals surface area contributed by atoms with E-state index in [1.165, 1.54) is 0 Å². The van der Waals surface area contributed by atoms with Crippen LogP contribution in [0.2, 0.25) is 0 Å². The number of nitrogens with zero attached hydrogens (tertiary/aromatic N) is 3. The third-order valence-electron chi connectivity index (χ3n) is 4.88. The lowest BCUT2D eigenvalue weighted by atomic mass is 10.2. The van der Waals surface area contributed by atoms with Crippen LogP contribution in [-0.4, -0.2) is 27.3 Å². The van der Waals surface area contributed by atoms with Crippen LogP contribution < -0.4 is 4.74 Å². The standard InChI is InChI=1S/C25H23N3O2/c1-2-28(25(29)24-16-26-22-10-6-7-11-23(22)27-24)17-19-12-14-21(15-13-19)30-18-20-8-4-3-5-9-20/h3-16H,2,17-18H2,1H3. The number of ether oxygens (including phenoxy) is 1. The summed E-state index contributed by atoms with van der Waals surface area (Å²) in [6, 6.07) is 25.5. The molecule has 3 aromatic carbocycles. The van der Waals surface area contributed by atoms with Crippen molar-refractivity contribution in [3.63, 3.8) is 0 Å². The molecular formula is C25H23N3O2. The number of carbonyl (C=O) groups excluding carboxylic acids is 1. The molecule has 0 bridgehead atoms. The largest absolute Gasteiger partial charge is 0.489 e. The first kappa shape index (κ1) is 19.6. The smallest absolute Gasteiger partial charge is 0.274 e. The molecule has 5 heteroatoms. The van der Waals surface area contributed by atoms with Gasteiger partial charge in [0, 0.05) is 13.1 Å². The van der Waals surface area contributed by atoms with Crippen LogP contribution >= 0.6 is 0 Å². The van der Waals surface area contributed by atoms with E-state index in [9.17, 15) is 4.79 Å². The molecule has 0 aliphatic rings. The van der Waals surface area contributed by atoms with Crippen LogP contribution in [0, 0.1) is 0 Å². The van der Waals surface area contributed by atoms with Crippen molar-refractivity contribution in [1.82, 2.24) is 14.9 Å². The number of rotatable bonds is 7. The van der Waals surface area contributed by atoms with Gasteiger partial charge >= 0.3 is 0 Å². The molecule has 0 fully saturated rings. The van der Waals surface area contributed by atoms with Gasteiger partial charge in [0.15, 0.2) is 0 Å². The quantitative estimate of drug-likeness (QED) is 0.446. The highest BCUT2D eigenvalue weighted by atomic mass is 16.5. The second kappa shape index (κ2) is 9.18. The van der Waals surface area contributed by atoms with Crippen molar-refractivity contribution < 1.29 is 9.53 Å². The van der Waals surface area contributed by atoms with Crippen molar-refractivity contribution in [2.24, 2.45) is 0 Å².